The van der Waals surface area contributed by atoms with Crippen LogP contribution in [-0.2, 0) is 0 Å². The summed E-state index contributed by atoms with van der Waals surface area (Å²) in [6.07, 6.45) is 0. The Balaban J connectivity index is 2.04. The van der Waals surface area contributed by atoms with E-state index in [1.54, 1.807) is 0 Å². The van der Waals surface area contributed by atoms with E-state index >= 15 is 0 Å². The number of nitrogens with one attached hydrogen (secondary N) is 1. The number of fused-ring (bicyclic) bond motifs is 1. The molecule has 0 radical (unpaired) electrons. The second-order valence-corrected chi connectivity index (χ2v) is 7.08. The van der Waals surface area contributed by atoms with Gasteiger partial charge in [-0.1, -0.05) is 32.0 Å². The molecule has 0 spiro atoms. The SMILES string of the molecule is Cc1nc(NC(=O)c2cc(C(C)C)nc3ccccc23)sc1C. The number of anilines is 1. The van der Waals surface area contributed by atoms with Crippen molar-refractivity contribution in [2.75, 3.05) is 5.32 Å². The van der Waals surface area contributed by atoms with E-state index < -0.39 is 0 Å². The molecule has 2 aromatic heterocycles. The third kappa shape index (κ3) is 3.10. The Hall–Kier alpha value is -2.27. The van der Waals surface area contributed by atoms with Crippen molar-refractivity contribution in [1.29, 1.82) is 0 Å². The third-order valence-electron chi connectivity index (χ3n) is 3.82. The summed E-state index contributed by atoms with van der Waals surface area (Å²) >= 11 is 1.49. The number of amides is 1. The molecule has 4 nitrogen and oxygen atoms in total. The summed E-state index contributed by atoms with van der Waals surface area (Å²) in [6.45, 7) is 8.10. The summed E-state index contributed by atoms with van der Waals surface area (Å²) in [6, 6.07) is 9.62. The minimum Gasteiger partial charge on any atom is -0.298 e. The average molecular weight is 325 g/mol. The lowest BCUT2D eigenvalue weighted by atomic mass is 10.0. The number of hydrogen-bond acceptors (Lipinski definition) is 4. The van der Waals surface area contributed by atoms with Crippen molar-refractivity contribution in [2.24, 2.45) is 0 Å². The highest BCUT2D eigenvalue weighted by atomic mass is 32.1. The molecule has 0 atom stereocenters. The number of aromatic nitrogens is 2. The van der Waals surface area contributed by atoms with Gasteiger partial charge in [0.15, 0.2) is 5.13 Å². The van der Waals surface area contributed by atoms with Gasteiger partial charge in [-0.3, -0.25) is 15.1 Å². The topological polar surface area (TPSA) is 54.9 Å². The first kappa shape index (κ1) is 15.6. The molecule has 118 valence electrons. The Labute approximate surface area is 139 Å². The maximum atomic E-state index is 12.8. The molecular weight excluding hydrogens is 306 g/mol. The zero-order valence-corrected chi connectivity index (χ0v) is 14.5. The molecule has 5 heteroatoms. The normalized spacial score (nSPS) is 11.2. The lowest BCUT2D eigenvalue weighted by molar-refractivity contribution is 0.102. The first-order valence-corrected chi connectivity index (χ1v) is 8.42. The Morgan fingerprint density at radius 2 is 1.91 bits per heavy atom. The van der Waals surface area contributed by atoms with Crippen molar-refractivity contribution >= 4 is 33.3 Å². The minimum absolute atomic E-state index is 0.140. The van der Waals surface area contributed by atoms with Gasteiger partial charge >= 0.3 is 0 Å². The van der Waals surface area contributed by atoms with Crippen molar-refractivity contribution < 1.29 is 4.79 Å². The molecular formula is C18H19N3OS. The number of para-hydroxylation sites is 1. The van der Waals surface area contributed by atoms with Gasteiger partial charge in [-0.05, 0) is 31.9 Å². The van der Waals surface area contributed by atoms with Crippen LogP contribution in [0.4, 0.5) is 5.13 Å². The summed E-state index contributed by atoms with van der Waals surface area (Å²) in [4.78, 5) is 22.9. The molecule has 0 aliphatic carbocycles. The molecule has 3 aromatic rings. The van der Waals surface area contributed by atoms with Crippen LogP contribution in [0.1, 0.15) is 46.4 Å². The fourth-order valence-electron chi connectivity index (χ4n) is 2.37. The largest absolute Gasteiger partial charge is 0.298 e. The highest BCUT2D eigenvalue weighted by Gasteiger charge is 2.16. The molecule has 1 amide bonds. The lowest BCUT2D eigenvalue weighted by Crippen LogP contribution is -2.13. The Morgan fingerprint density at radius 1 is 1.17 bits per heavy atom. The second-order valence-electron chi connectivity index (χ2n) is 5.88. The first-order chi connectivity index (χ1) is 11.0. The molecule has 1 N–H and O–H groups in total. The average Bonchev–Trinajstić information content (AvgIpc) is 2.83. The Kier molecular flexibility index (Phi) is 4.13. The summed E-state index contributed by atoms with van der Waals surface area (Å²) in [5.41, 5.74) is 3.35. The number of benzene rings is 1. The third-order valence-corrected chi connectivity index (χ3v) is 4.81. The van der Waals surface area contributed by atoms with E-state index in [9.17, 15) is 4.79 Å². The quantitative estimate of drug-likeness (QED) is 0.760. The van der Waals surface area contributed by atoms with Crippen molar-refractivity contribution in [2.45, 2.75) is 33.6 Å². The van der Waals surface area contributed by atoms with Gasteiger partial charge in [0.2, 0.25) is 0 Å². The number of thiazole rings is 1. The van der Waals surface area contributed by atoms with Crippen molar-refractivity contribution in [1.82, 2.24) is 9.97 Å². The molecule has 0 aliphatic heterocycles. The molecule has 0 unspecified atom stereocenters. The minimum atomic E-state index is -0.140. The highest BCUT2D eigenvalue weighted by molar-refractivity contribution is 7.15. The number of aryl methyl sites for hydroxylation is 2. The number of carbonyl (C=O) groups excluding carboxylic acids is 1. The van der Waals surface area contributed by atoms with Crippen molar-refractivity contribution in [3.8, 4) is 0 Å². The van der Waals surface area contributed by atoms with E-state index in [1.165, 1.54) is 11.3 Å². The van der Waals surface area contributed by atoms with E-state index in [1.807, 2.05) is 44.2 Å². The van der Waals surface area contributed by atoms with Crippen molar-refractivity contribution in [3.63, 3.8) is 0 Å². The van der Waals surface area contributed by atoms with E-state index in [2.05, 4.69) is 29.1 Å². The van der Waals surface area contributed by atoms with Gasteiger partial charge in [-0.25, -0.2) is 4.98 Å². The molecule has 0 saturated heterocycles. The number of carbonyl (C=O) groups is 1. The smallest absolute Gasteiger partial charge is 0.258 e. The van der Waals surface area contributed by atoms with Gasteiger partial charge in [0.05, 0.1) is 16.8 Å². The molecule has 23 heavy (non-hydrogen) atoms. The van der Waals surface area contributed by atoms with E-state index in [0.717, 1.165) is 27.2 Å². The van der Waals surface area contributed by atoms with Crippen LogP contribution in [-0.4, -0.2) is 15.9 Å². The zero-order valence-electron chi connectivity index (χ0n) is 13.7. The Bertz CT molecular complexity index is 864. The van der Waals surface area contributed by atoms with Crippen LogP contribution in [0, 0.1) is 13.8 Å². The van der Waals surface area contributed by atoms with Gasteiger partial charge in [0.25, 0.3) is 5.91 Å². The number of nitrogens with zero attached hydrogens (tertiary/aromatic N) is 2. The van der Waals surface area contributed by atoms with Gasteiger partial charge in [-0.2, -0.15) is 0 Å². The lowest BCUT2D eigenvalue weighted by Gasteiger charge is -2.11. The molecule has 0 fully saturated rings. The summed E-state index contributed by atoms with van der Waals surface area (Å²) in [5.74, 6) is 0.120. The molecule has 1 aromatic carbocycles. The first-order valence-electron chi connectivity index (χ1n) is 7.60. The number of hydrogen-bond donors (Lipinski definition) is 1. The summed E-state index contributed by atoms with van der Waals surface area (Å²) < 4.78 is 0. The standard InChI is InChI=1S/C18H19N3OS/c1-10(2)16-9-14(13-7-5-6-8-15(13)20-16)17(22)21-18-19-11(3)12(4)23-18/h5-10H,1-4H3,(H,19,21,22). The van der Waals surface area contributed by atoms with Crippen LogP contribution < -0.4 is 5.32 Å². The fourth-order valence-corrected chi connectivity index (χ4v) is 3.18. The number of pyridine rings is 1. The van der Waals surface area contributed by atoms with Crippen LogP contribution in [0.3, 0.4) is 0 Å². The van der Waals surface area contributed by atoms with Gasteiger partial charge in [0, 0.05) is 16.0 Å². The zero-order chi connectivity index (χ0) is 16.6. The fraction of sp³-hybridized carbons (Fsp3) is 0.278. The molecule has 0 saturated carbocycles. The van der Waals surface area contributed by atoms with Crippen LogP contribution >= 0.6 is 11.3 Å². The van der Waals surface area contributed by atoms with E-state index in [-0.39, 0.29) is 11.8 Å². The Morgan fingerprint density at radius 3 is 2.57 bits per heavy atom. The monoisotopic (exact) mass is 325 g/mol. The molecule has 0 bridgehead atoms. The predicted octanol–water partition coefficient (Wildman–Crippen LogP) is 4.68. The molecule has 0 aliphatic rings. The van der Waals surface area contributed by atoms with Gasteiger partial charge in [0.1, 0.15) is 0 Å². The van der Waals surface area contributed by atoms with Crippen LogP contribution in [0.15, 0.2) is 30.3 Å². The summed E-state index contributed by atoms with van der Waals surface area (Å²) in [7, 11) is 0. The molecule has 2 heterocycles. The predicted molar refractivity (Wildman–Crippen MR) is 95.4 cm³/mol. The van der Waals surface area contributed by atoms with Crippen LogP contribution in [0.25, 0.3) is 10.9 Å². The highest BCUT2D eigenvalue weighted by Crippen LogP contribution is 2.25. The van der Waals surface area contributed by atoms with Gasteiger partial charge < -0.3 is 0 Å². The van der Waals surface area contributed by atoms with Crippen LogP contribution in [0.5, 0.6) is 0 Å². The maximum Gasteiger partial charge on any atom is 0.258 e. The number of rotatable bonds is 3. The molecule has 3 rings (SSSR count). The van der Waals surface area contributed by atoms with E-state index in [4.69, 9.17) is 0 Å². The summed E-state index contributed by atoms with van der Waals surface area (Å²) in [5, 5.41) is 4.42. The van der Waals surface area contributed by atoms with Crippen molar-refractivity contribution in [3.05, 3.63) is 52.2 Å². The van der Waals surface area contributed by atoms with E-state index in [0.29, 0.717) is 10.7 Å². The van der Waals surface area contributed by atoms with Gasteiger partial charge in [-0.15, -0.1) is 11.3 Å². The maximum absolute atomic E-state index is 12.8. The van der Waals surface area contributed by atoms with Crippen LogP contribution in [0.2, 0.25) is 0 Å². The second kappa shape index (κ2) is 6.08.